The second-order valence-corrected chi connectivity index (χ2v) is 3.87. The molecule has 0 radical (unpaired) electrons. The molecule has 0 aliphatic heterocycles. The Morgan fingerprint density at radius 2 is 1.72 bits per heavy atom. The first-order valence-corrected chi connectivity index (χ1v) is 5.61. The first kappa shape index (κ1) is 10.7. The zero-order chi connectivity index (χ0) is 12.4. The van der Waals surface area contributed by atoms with Gasteiger partial charge in [0.25, 0.3) is 0 Å². The van der Waals surface area contributed by atoms with Gasteiger partial charge in [0, 0.05) is 11.6 Å². The van der Waals surface area contributed by atoms with E-state index >= 15 is 0 Å². The van der Waals surface area contributed by atoms with Gasteiger partial charge in [-0.2, -0.15) is 0 Å². The number of rotatable bonds is 2. The number of halogens is 1. The van der Waals surface area contributed by atoms with Crippen molar-refractivity contribution in [1.29, 1.82) is 0 Å². The summed E-state index contributed by atoms with van der Waals surface area (Å²) in [6, 6.07) is 14.1. The van der Waals surface area contributed by atoms with Crippen LogP contribution in [0.5, 0.6) is 0 Å². The van der Waals surface area contributed by atoms with Gasteiger partial charge in [0.1, 0.15) is 11.3 Å². The van der Waals surface area contributed by atoms with Gasteiger partial charge >= 0.3 is 0 Å². The molecule has 0 N–H and O–H groups in total. The lowest BCUT2D eigenvalue weighted by molar-refractivity contribution is 0.589. The normalized spacial score (nSPS) is 11.4. The third-order valence-corrected chi connectivity index (χ3v) is 2.62. The maximum absolute atomic E-state index is 13.4. The minimum Gasteiger partial charge on any atom is -0.437 e. The molecule has 1 aromatic heterocycles. The smallest absolute Gasteiger partial charge is 0.220 e. The van der Waals surface area contributed by atoms with Crippen LogP contribution in [0.4, 0.5) is 4.39 Å². The van der Waals surface area contributed by atoms with Gasteiger partial charge in [-0.05, 0) is 24.3 Å². The third-order valence-electron chi connectivity index (χ3n) is 2.62. The molecule has 1 heterocycles. The van der Waals surface area contributed by atoms with E-state index in [4.69, 9.17) is 4.42 Å². The predicted octanol–water partition coefficient (Wildman–Crippen LogP) is 4.14. The van der Waals surface area contributed by atoms with E-state index in [1.165, 1.54) is 6.07 Å². The Labute approximate surface area is 103 Å². The maximum atomic E-state index is 13.4. The highest BCUT2D eigenvalue weighted by Gasteiger charge is 2.01. The van der Waals surface area contributed by atoms with Gasteiger partial charge in [0.2, 0.25) is 5.89 Å². The van der Waals surface area contributed by atoms with E-state index in [1.807, 2.05) is 24.3 Å². The summed E-state index contributed by atoms with van der Waals surface area (Å²) in [5.74, 6) is 0.212. The Bertz CT molecular complexity index is 682. The van der Waals surface area contributed by atoms with E-state index in [2.05, 4.69) is 4.98 Å². The lowest BCUT2D eigenvalue weighted by atomic mass is 10.2. The summed E-state index contributed by atoms with van der Waals surface area (Å²) < 4.78 is 18.9. The predicted molar refractivity (Wildman–Crippen MR) is 69.3 cm³/mol. The van der Waals surface area contributed by atoms with Crippen LogP contribution in [0.3, 0.4) is 0 Å². The summed E-state index contributed by atoms with van der Waals surface area (Å²) in [4.78, 5) is 4.28. The van der Waals surface area contributed by atoms with Crippen LogP contribution >= 0.6 is 0 Å². The molecule has 3 heteroatoms. The van der Waals surface area contributed by atoms with Crippen LogP contribution in [0.2, 0.25) is 0 Å². The summed E-state index contributed by atoms with van der Waals surface area (Å²) in [7, 11) is 0. The fraction of sp³-hybridized carbons (Fsp3) is 0. The monoisotopic (exact) mass is 239 g/mol. The van der Waals surface area contributed by atoms with Crippen molar-refractivity contribution in [3.05, 3.63) is 65.8 Å². The first-order chi connectivity index (χ1) is 8.83. The molecule has 0 spiro atoms. The van der Waals surface area contributed by atoms with E-state index < -0.39 is 0 Å². The number of hydrogen-bond acceptors (Lipinski definition) is 2. The number of fused-ring (bicyclic) bond motifs is 1. The molecule has 3 aromatic rings. The Hall–Kier alpha value is -2.42. The van der Waals surface area contributed by atoms with Gasteiger partial charge < -0.3 is 4.42 Å². The fourth-order valence-corrected chi connectivity index (χ4v) is 1.73. The molecule has 0 atom stereocenters. The van der Waals surface area contributed by atoms with Gasteiger partial charge in [-0.3, -0.25) is 0 Å². The van der Waals surface area contributed by atoms with E-state index in [0.29, 0.717) is 11.5 Å². The average molecular weight is 239 g/mol. The molecule has 88 valence electrons. The summed E-state index contributed by atoms with van der Waals surface area (Å²) in [6.45, 7) is 0. The Morgan fingerprint density at radius 1 is 0.944 bits per heavy atom. The molecule has 18 heavy (non-hydrogen) atoms. The van der Waals surface area contributed by atoms with E-state index in [0.717, 1.165) is 11.1 Å². The van der Waals surface area contributed by atoms with Crippen LogP contribution in [0.15, 0.2) is 52.9 Å². The molecular weight excluding hydrogens is 229 g/mol. The van der Waals surface area contributed by atoms with E-state index in [1.54, 1.807) is 30.4 Å². The maximum Gasteiger partial charge on any atom is 0.220 e. The fourth-order valence-electron chi connectivity index (χ4n) is 1.73. The zero-order valence-corrected chi connectivity index (χ0v) is 9.51. The molecule has 0 bridgehead atoms. The molecule has 0 aliphatic carbocycles. The molecule has 0 saturated carbocycles. The number of benzene rings is 2. The Morgan fingerprint density at radius 3 is 2.56 bits per heavy atom. The standard InChI is InChI=1S/C15H10FNO/c16-12-6-2-1-5-11(12)9-10-15-17-13-7-3-4-8-14(13)18-15/h1-10H/b10-9+. The summed E-state index contributed by atoms with van der Waals surface area (Å²) in [5.41, 5.74) is 2.04. The van der Waals surface area contributed by atoms with Gasteiger partial charge in [-0.25, -0.2) is 9.37 Å². The highest BCUT2D eigenvalue weighted by molar-refractivity contribution is 5.75. The van der Waals surface area contributed by atoms with E-state index in [9.17, 15) is 4.39 Å². The van der Waals surface area contributed by atoms with Crippen LogP contribution in [0.1, 0.15) is 11.5 Å². The molecular formula is C15H10FNO. The highest BCUT2D eigenvalue weighted by Crippen LogP contribution is 2.17. The Kier molecular flexibility index (Phi) is 2.65. The molecule has 0 amide bonds. The number of aromatic nitrogens is 1. The second kappa shape index (κ2) is 4.45. The molecule has 2 aromatic carbocycles. The van der Waals surface area contributed by atoms with Crippen molar-refractivity contribution >= 4 is 23.3 Å². The molecule has 3 rings (SSSR count). The molecule has 0 aliphatic rings. The largest absolute Gasteiger partial charge is 0.437 e. The highest BCUT2D eigenvalue weighted by atomic mass is 19.1. The SMILES string of the molecule is Fc1ccccc1/C=C/c1nc2ccccc2o1. The van der Waals surface area contributed by atoms with Crippen LogP contribution in [0, 0.1) is 5.82 Å². The number of hydrogen-bond donors (Lipinski definition) is 0. The molecule has 0 saturated heterocycles. The van der Waals surface area contributed by atoms with Crippen molar-refractivity contribution in [3.63, 3.8) is 0 Å². The van der Waals surface area contributed by atoms with Crippen molar-refractivity contribution in [3.8, 4) is 0 Å². The Balaban J connectivity index is 1.95. The van der Waals surface area contributed by atoms with Crippen molar-refractivity contribution in [2.24, 2.45) is 0 Å². The summed E-state index contributed by atoms with van der Waals surface area (Å²) in [5, 5.41) is 0. The van der Waals surface area contributed by atoms with Gasteiger partial charge in [0.05, 0.1) is 0 Å². The number of oxazole rings is 1. The second-order valence-electron chi connectivity index (χ2n) is 3.87. The molecule has 0 fully saturated rings. The van der Waals surface area contributed by atoms with Gasteiger partial charge in [-0.15, -0.1) is 0 Å². The average Bonchev–Trinajstić information content (AvgIpc) is 2.80. The van der Waals surface area contributed by atoms with Crippen LogP contribution in [-0.4, -0.2) is 4.98 Å². The minimum absolute atomic E-state index is 0.259. The first-order valence-electron chi connectivity index (χ1n) is 5.61. The number of nitrogens with zero attached hydrogens (tertiary/aromatic N) is 1. The molecule has 2 nitrogen and oxygen atoms in total. The van der Waals surface area contributed by atoms with E-state index in [-0.39, 0.29) is 5.82 Å². The van der Waals surface area contributed by atoms with Crippen LogP contribution in [-0.2, 0) is 0 Å². The van der Waals surface area contributed by atoms with Gasteiger partial charge in [0.15, 0.2) is 5.58 Å². The quantitative estimate of drug-likeness (QED) is 0.671. The van der Waals surface area contributed by atoms with Crippen molar-refractivity contribution in [2.75, 3.05) is 0 Å². The lowest BCUT2D eigenvalue weighted by Crippen LogP contribution is -1.79. The molecule has 0 unspecified atom stereocenters. The van der Waals surface area contributed by atoms with Crippen molar-refractivity contribution in [2.45, 2.75) is 0 Å². The summed E-state index contributed by atoms with van der Waals surface area (Å²) in [6.07, 6.45) is 3.32. The van der Waals surface area contributed by atoms with Crippen LogP contribution < -0.4 is 0 Å². The topological polar surface area (TPSA) is 26.0 Å². The number of para-hydroxylation sites is 2. The third kappa shape index (κ3) is 2.02. The van der Waals surface area contributed by atoms with Gasteiger partial charge in [-0.1, -0.05) is 30.3 Å². The zero-order valence-electron chi connectivity index (χ0n) is 9.51. The van der Waals surface area contributed by atoms with Crippen molar-refractivity contribution in [1.82, 2.24) is 4.98 Å². The lowest BCUT2D eigenvalue weighted by Gasteiger charge is -1.93. The summed E-state index contributed by atoms with van der Waals surface area (Å²) >= 11 is 0. The van der Waals surface area contributed by atoms with Crippen LogP contribution in [0.25, 0.3) is 23.3 Å². The minimum atomic E-state index is -0.259. The van der Waals surface area contributed by atoms with Crippen molar-refractivity contribution < 1.29 is 8.81 Å².